The molecule has 1 N–H and O–H groups in total. The summed E-state index contributed by atoms with van der Waals surface area (Å²) in [6.45, 7) is 3.56. The molecule has 0 atom stereocenters. The van der Waals surface area contributed by atoms with E-state index in [0.29, 0.717) is 11.6 Å². The molecule has 0 aliphatic rings. The quantitative estimate of drug-likeness (QED) is 0.908. The number of aryl methyl sites for hydroxylation is 1. The van der Waals surface area contributed by atoms with E-state index in [-0.39, 0.29) is 5.56 Å². The summed E-state index contributed by atoms with van der Waals surface area (Å²) in [6, 6.07) is 13.3. The summed E-state index contributed by atoms with van der Waals surface area (Å²) in [7, 11) is 2.02. The molecule has 0 unspecified atom stereocenters. The summed E-state index contributed by atoms with van der Waals surface area (Å²) in [5, 5.41) is 9.42. The van der Waals surface area contributed by atoms with Crippen molar-refractivity contribution in [1.29, 1.82) is 0 Å². The first-order chi connectivity index (χ1) is 9.95. The molecule has 0 spiro atoms. The molecule has 2 aromatic carbocycles. The van der Waals surface area contributed by atoms with Crippen molar-refractivity contribution in [3.63, 3.8) is 0 Å². The van der Waals surface area contributed by atoms with Gasteiger partial charge in [0.15, 0.2) is 0 Å². The molecule has 3 nitrogen and oxygen atoms in total. The van der Waals surface area contributed by atoms with Crippen molar-refractivity contribution in [3.8, 4) is 0 Å². The second-order valence-electron chi connectivity index (χ2n) is 5.27. The van der Waals surface area contributed by atoms with Gasteiger partial charge in [-0.25, -0.2) is 4.79 Å². The molecule has 0 radical (unpaired) electrons. The van der Waals surface area contributed by atoms with Gasteiger partial charge in [0.1, 0.15) is 0 Å². The first-order valence-electron chi connectivity index (χ1n) is 6.71. The highest BCUT2D eigenvalue weighted by Crippen LogP contribution is 2.20. The monoisotopic (exact) mass is 303 g/mol. The predicted molar refractivity (Wildman–Crippen MR) is 84.8 cm³/mol. The molecule has 0 saturated carbocycles. The maximum absolute atomic E-state index is 10.9. The van der Waals surface area contributed by atoms with E-state index < -0.39 is 5.97 Å². The molecule has 0 heterocycles. The van der Waals surface area contributed by atoms with E-state index in [1.54, 1.807) is 12.1 Å². The summed E-state index contributed by atoms with van der Waals surface area (Å²) >= 11 is 6.15. The van der Waals surface area contributed by atoms with Crippen molar-refractivity contribution in [3.05, 3.63) is 69.7 Å². The average molecular weight is 304 g/mol. The van der Waals surface area contributed by atoms with Crippen molar-refractivity contribution >= 4 is 17.6 Å². The van der Waals surface area contributed by atoms with Gasteiger partial charge >= 0.3 is 5.97 Å². The summed E-state index contributed by atoms with van der Waals surface area (Å²) in [5.41, 5.74) is 3.62. The molecular formula is C17H18ClNO2. The van der Waals surface area contributed by atoms with Crippen LogP contribution in [0.2, 0.25) is 5.02 Å². The van der Waals surface area contributed by atoms with E-state index in [2.05, 4.69) is 36.1 Å². The molecule has 4 heteroatoms. The molecule has 110 valence electrons. The van der Waals surface area contributed by atoms with Crippen LogP contribution in [0.25, 0.3) is 0 Å². The Morgan fingerprint density at radius 2 is 1.81 bits per heavy atom. The zero-order valence-corrected chi connectivity index (χ0v) is 12.9. The molecule has 0 bridgehead atoms. The summed E-state index contributed by atoms with van der Waals surface area (Å²) < 4.78 is 0. The number of halogens is 1. The van der Waals surface area contributed by atoms with Crippen molar-refractivity contribution in [1.82, 2.24) is 4.90 Å². The second-order valence-corrected chi connectivity index (χ2v) is 5.68. The summed E-state index contributed by atoms with van der Waals surface area (Å²) in [6.07, 6.45) is 0. The molecule has 0 aromatic heterocycles. The van der Waals surface area contributed by atoms with Gasteiger partial charge in [-0.05, 0) is 37.2 Å². The minimum Gasteiger partial charge on any atom is -0.478 e. The van der Waals surface area contributed by atoms with Gasteiger partial charge in [-0.15, -0.1) is 0 Å². The van der Waals surface area contributed by atoms with Gasteiger partial charge < -0.3 is 5.11 Å². The zero-order chi connectivity index (χ0) is 15.4. The first-order valence-corrected chi connectivity index (χ1v) is 7.09. The number of benzene rings is 2. The van der Waals surface area contributed by atoms with Crippen LogP contribution >= 0.6 is 11.6 Å². The van der Waals surface area contributed by atoms with Crippen LogP contribution in [0.15, 0.2) is 42.5 Å². The maximum atomic E-state index is 10.9. The fourth-order valence-corrected chi connectivity index (χ4v) is 2.40. The van der Waals surface area contributed by atoms with Gasteiger partial charge in [0, 0.05) is 18.1 Å². The number of carbonyl (C=O) groups is 1. The van der Waals surface area contributed by atoms with Crippen LogP contribution in [0.4, 0.5) is 0 Å². The van der Waals surface area contributed by atoms with Crippen LogP contribution in [0.5, 0.6) is 0 Å². The third-order valence-electron chi connectivity index (χ3n) is 3.31. The minimum atomic E-state index is -0.962. The Labute approximate surface area is 129 Å². The van der Waals surface area contributed by atoms with Crippen LogP contribution < -0.4 is 0 Å². The Bertz CT molecular complexity index is 638. The molecule has 21 heavy (non-hydrogen) atoms. The Hall–Kier alpha value is -1.84. The number of rotatable bonds is 5. The molecule has 0 aliphatic carbocycles. The minimum absolute atomic E-state index is 0.213. The van der Waals surface area contributed by atoms with Gasteiger partial charge in [-0.1, -0.05) is 47.5 Å². The second kappa shape index (κ2) is 6.74. The van der Waals surface area contributed by atoms with Gasteiger partial charge in [0.05, 0.1) is 5.56 Å². The lowest BCUT2D eigenvalue weighted by molar-refractivity contribution is 0.0697. The maximum Gasteiger partial charge on any atom is 0.335 e. The van der Waals surface area contributed by atoms with Crippen LogP contribution in [0, 0.1) is 6.92 Å². The van der Waals surface area contributed by atoms with E-state index in [1.807, 2.05) is 7.05 Å². The Balaban J connectivity index is 2.04. The highest BCUT2D eigenvalue weighted by Gasteiger charge is 2.09. The van der Waals surface area contributed by atoms with E-state index >= 15 is 0 Å². The van der Waals surface area contributed by atoms with Crippen molar-refractivity contribution in [2.75, 3.05) is 7.05 Å². The predicted octanol–water partition coefficient (Wildman–Crippen LogP) is 3.98. The smallest absolute Gasteiger partial charge is 0.335 e. The lowest BCUT2D eigenvalue weighted by Gasteiger charge is -2.18. The highest BCUT2D eigenvalue weighted by molar-refractivity contribution is 6.31. The summed E-state index contributed by atoms with van der Waals surface area (Å²) in [4.78, 5) is 13.0. The molecule has 0 saturated heterocycles. The van der Waals surface area contributed by atoms with Gasteiger partial charge in [0.2, 0.25) is 0 Å². The molecule has 0 amide bonds. The topological polar surface area (TPSA) is 40.5 Å². The fraction of sp³-hybridized carbons (Fsp3) is 0.235. The number of aromatic carboxylic acids is 1. The lowest BCUT2D eigenvalue weighted by atomic mass is 10.1. The van der Waals surface area contributed by atoms with E-state index in [1.165, 1.54) is 17.2 Å². The number of hydrogen-bond donors (Lipinski definition) is 1. The average Bonchev–Trinajstić information content (AvgIpc) is 2.43. The molecule has 0 fully saturated rings. The van der Waals surface area contributed by atoms with Crippen LogP contribution in [0.1, 0.15) is 27.0 Å². The van der Waals surface area contributed by atoms with E-state index in [0.717, 1.165) is 12.1 Å². The van der Waals surface area contributed by atoms with Gasteiger partial charge in [-0.3, -0.25) is 4.90 Å². The molecule has 2 aromatic rings. The standard InChI is InChI=1S/C17H18ClNO2/c1-12-3-5-13(6-4-12)10-19(2)11-15-8-7-14(17(20)21)9-16(15)18/h3-9H,10-11H2,1-2H3,(H,20,21). The van der Waals surface area contributed by atoms with Crippen LogP contribution in [-0.2, 0) is 13.1 Å². The van der Waals surface area contributed by atoms with Gasteiger partial charge in [-0.2, -0.15) is 0 Å². The molecular weight excluding hydrogens is 286 g/mol. The lowest BCUT2D eigenvalue weighted by Crippen LogP contribution is -2.17. The van der Waals surface area contributed by atoms with Crippen LogP contribution in [-0.4, -0.2) is 23.0 Å². The first kappa shape index (κ1) is 15.5. The third-order valence-corrected chi connectivity index (χ3v) is 3.67. The van der Waals surface area contributed by atoms with E-state index in [9.17, 15) is 4.79 Å². The Morgan fingerprint density at radius 3 is 2.38 bits per heavy atom. The number of nitrogens with zero attached hydrogens (tertiary/aromatic N) is 1. The summed E-state index contributed by atoms with van der Waals surface area (Å²) in [5.74, 6) is -0.962. The van der Waals surface area contributed by atoms with E-state index in [4.69, 9.17) is 16.7 Å². The van der Waals surface area contributed by atoms with Gasteiger partial charge in [0.25, 0.3) is 0 Å². The molecule has 0 aliphatic heterocycles. The fourth-order valence-electron chi connectivity index (χ4n) is 2.16. The zero-order valence-electron chi connectivity index (χ0n) is 12.1. The van der Waals surface area contributed by atoms with Crippen LogP contribution in [0.3, 0.4) is 0 Å². The third kappa shape index (κ3) is 4.31. The van der Waals surface area contributed by atoms with Crippen molar-refractivity contribution in [2.24, 2.45) is 0 Å². The number of carboxylic acid groups (broad SMARTS) is 1. The van der Waals surface area contributed by atoms with Crippen molar-refractivity contribution in [2.45, 2.75) is 20.0 Å². The Morgan fingerprint density at radius 1 is 1.14 bits per heavy atom. The number of hydrogen-bond acceptors (Lipinski definition) is 2. The normalized spacial score (nSPS) is 10.9. The largest absolute Gasteiger partial charge is 0.478 e. The highest BCUT2D eigenvalue weighted by atomic mass is 35.5. The Kier molecular flexibility index (Phi) is 4.99. The SMILES string of the molecule is Cc1ccc(CN(C)Cc2ccc(C(=O)O)cc2Cl)cc1. The molecule has 2 rings (SSSR count). The number of carboxylic acids is 1. The van der Waals surface area contributed by atoms with Crippen molar-refractivity contribution < 1.29 is 9.90 Å².